The first-order chi connectivity index (χ1) is 5.65. The van der Waals surface area contributed by atoms with Crippen molar-refractivity contribution in [1.82, 2.24) is 4.98 Å². The molecule has 12 heavy (non-hydrogen) atoms. The second kappa shape index (κ2) is 3.20. The Labute approximate surface area is 73.2 Å². The third-order valence-electron chi connectivity index (χ3n) is 1.17. The van der Waals surface area contributed by atoms with E-state index in [-0.39, 0.29) is 16.4 Å². The van der Waals surface area contributed by atoms with Crippen molar-refractivity contribution in [3.05, 3.63) is 34.4 Å². The fourth-order valence-electron chi connectivity index (χ4n) is 0.631. The van der Waals surface area contributed by atoms with Crippen molar-refractivity contribution in [2.45, 2.75) is 0 Å². The molecule has 0 fully saturated rings. The van der Waals surface area contributed by atoms with E-state index in [1.807, 2.05) is 0 Å². The van der Waals surface area contributed by atoms with Crippen LogP contribution in [0.15, 0.2) is 12.3 Å². The highest BCUT2D eigenvalue weighted by atomic mass is 35.5. The normalized spacial score (nSPS) is 9.00. The van der Waals surface area contributed by atoms with Gasteiger partial charge in [0.2, 0.25) is 5.69 Å². The largest absolute Gasteiger partial charge is 0.477 e. The predicted octanol–water partition coefficient (Wildman–Crippen LogP) is 1.98. The van der Waals surface area contributed by atoms with Crippen LogP contribution in [0.4, 0.5) is 5.69 Å². The van der Waals surface area contributed by atoms with Crippen molar-refractivity contribution >= 4 is 23.3 Å². The molecule has 0 saturated carbocycles. The highest BCUT2D eigenvalue weighted by Gasteiger charge is 2.07. The minimum absolute atomic E-state index is 0.101. The molecule has 0 aliphatic heterocycles. The lowest BCUT2D eigenvalue weighted by Crippen LogP contribution is -1.98. The minimum atomic E-state index is -1.17. The van der Waals surface area contributed by atoms with Gasteiger partial charge < -0.3 is 5.11 Å². The van der Waals surface area contributed by atoms with E-state index < -0.39 is 5.97 Å². The Morgan fingerprint density at radius 1 is 1.75 bits per heavy atom. The van der Waals surface area contributed by atoms with Gasteiger partial charge in [0.1, 0.15) is 5.69 Å². The van der Waals surface area contributed by atoms with E-state index in [0.29, 0.717) is 0 Å². The standard InChI is InChI=1S/C7H3ClN2O2/c1-9-5-2-6(7(11)12)10-3-4(5)8/h2-3H,(H,11,12). The molecule has 0 amide bonds. The molecule has 0 unspecified atom stereocenters. The second-order valence-electron chi connectivity index (χ2n) is 1.94. The molecule has 0 bridgehead atoms. The molecule has 1 N–H and O–H groups in total. The van der Waals surface area contributed by atoms with Crippen LogP contribution < -0.4 is 0 Å². The number of carboxylic acid groups (broad SMARTS) is 1. The number of pyridine rings is 1. The molecule has 1 aromatic heterocycles. The van der Waals surface area contributed by atoms with Crippen LogP contribution in [0.25, 0.3) is 4.85 Å². The van der Waals surface area contributed by atoms with Crippen LogP contribution in [0.3, 0.4) is 0 Å². The van der Waals surface area contributed by atoms with Gasteiger partial charge in [0.15, 0.2) is 0 Å². The van der Waals surface area contributed by atoms with Crippen molar-refractivity contribution in [3.63, 3.8) is 0 Å². The van der Waals surface area contributed by atoms with Gasteiger partial charge in [0, 0.05) is 6.20 Å². The van der Waals surface area contributed by atoms with Crippen molar-refractivity contribution in [2.75, 3.05) is 0 Å². The van der Waals surface area contributed by atoms with Crippen LogP contribution in [0.1, 0.15) is 10.5 Å². The van der Waals surface area contributed by atoms with Gasteiger partial charge in [-0.15, -0.1) is 0 Å². The van der Waals surface area contributed by atoms with Gasteiger partial charge in [0.05, 0.1) is 11.6 Å². The Morgan fingerprint density at radius 3 is 2.92 bits per heavy atom. The van der Waals surface area contributed by atoms with E-state index >= 15 is 0 Å². The molecule has 1 rings (SSSR count). The molecule has 5 heteroatoms. The molecule has 1 heterocycles. The third kappa shape index (κ3) is 1.52. The van der Waals surface area contributed by atoms with Crippen LogP contribution >= 0.6 is 11.6 Å². The summed E-state index contributed by atoms with van der Waals surface area (Å²) in [5, 5.41) is 8.65. The molecule has 0 aliphatic rings. The van der Waals surface area contributed by atoms with Crippen LogP contribution in [0.5, 0.6) is 0 Å². The topological polar surface area (TPSA) is 54.5 Å². The first-order valence-corrected chi connectivity index (χ1v) is 3.29. The lowest BCUT2D eigenvalue weighted by atomic mass is 10.3. The minimum Gasteiger partial charge on any atom is -0.477 e. The zero-order valence-corrected chi connectivity index (χ0v) is 6.54. The fraction of sp³-hybridized carbons (Fsp3) is 0. The average Bonchev–Trinajstić information content (AvgIpc) is 2.05. The number of carboxylic acids is 1. The Morgan fingerprint density at radius 2 is 2.42 bits per heavy atom. The summed E-state index contributed by atoms with van der Waals surface area (Å²) in [6, 6.07) is 1.14. The predicted molar refractivity (Wildman–Crippen MR) is 42.5 cm³/mol. The fourth-order valence-corrected chi connectivity index (χ4v) is 0.776. The van der Waals surface area contributed by atoms with E-state index in [1.165, 1.54) is 0 Å². The number of rotatable bonds is 1. The first-order valence-electron chi connectivity index (χ1n) is 2.91. The molecule has 0 radical (unpaired) electrons. The number of aromatic carboxylic acids is 1. The summed E-state index contributed by atoms with van der Waals surface area (Å²) in [6.07, 6.45) is 1.15. The van der Waals surface area contributed by atoms with Crippen LogP contribution in [-0.2, 0) is 0 Å². The zero-order valence-electron chi connectivity index (χ0n) is 5.78. The lowest BCUT2D eigenvalue weighted by molar-refractivity contribution is 0.0690. The molecule has 0 aliphatic carbocycles. The summed E-state index contributed by atoms with van der Waals surface area (Å²) in [7, 11) is 0. The van der Waals surface area contributed by atoms with Crippen molar-refractivity contribution in [2.24, 2.45) is 0 Å². The number of nitrogens with zero attached hydrogens (tertiary/aromatic N) is 2. The smallest absolute Gasteiger partial charge is 0.353 e. The maximum absolute atomic E-state index is 10.4. The summed E-state index contributed by atoms with van der Waals surface area (Å²) in [4.78, 5) is 16.9. The SMILES string of the molecule is [C-]#[N+]c1cc(C(=O)O)ncc1Cl. The van der Waals surface area contributed by atoms with E-state index in [9.17, 15) is 4.79 Å². The number of carbonyl (C=O) groups is 1. The lowest BCUT2D eigenvalue weighted by Gasteiger charge is -1.95. The molecular weight excluding hydrogens is 180 g/mol. The summed E-state index contributed by atoms with van der Waals surface area (Å²) >= 11 is 5.53. The van der Waals surface area contributed by atoms with E-state index in [2.05, 4.69) is 9.83 Å². The van der Waals surface area contributed by atoms with Gasteiger partial charge in [-0.3, -0.25) is 4.98 Å². The van der Waals surface area contributed by atoms with E-state index in [4.69, 9.17) is 23.3 Å². The Kier molecular flexibility index (Phi) is 2.26. The molecule has 1 aromatic rings. The monoisotopic (exact) mass is 182 g/mol. The highest BCUT2D eigenvalue weighted by molar-refractivity contribution is 6.33. The van der Waals surface area contributed by atoms with Crippen molar-refractivity contribution in [1.29, 1.82) is 0 Å². The molecule has 60 valence electrons. The number of hydrogen-bond donors (Lipinski definition) is 1. The second-order valence-corrected chi connectivity index (χ2v) is 2.35. The summed E-state index contributed by atoms with van der Waals surface area (Å²) < 4.78 is 0. The maximum Gasteiger partial charge on any atom is 0.353 e. The average molecular weight is 183 g/mol. The first kappa shape index (κ1) is 8.50. The number of halogens is 1. The molecule has 0 atom stereocenters. The van der Waals surface area contributed by atoms with Crippen LogP contribution in [0, 0.1) is 6.57 Å². The molecule has 4 nitrogen and oxygen atoms in total. The van der Waals surface area contributed by atoms with Crippen molar-refractivity contribution in [3.8, 4) is 0 Å². The summed E-state index contributed by atoms with van der Waals surface area (Å²) in [5.41, 5.74) is -0.0746. The van der Waals surface area contributed by atoms with Gasteiger partial charge in [-0.1, -0.05) is 11.6 Å². The Hall–Kier alpha value is -1.60. The maximum atomic E-state index is 10.4. The number of hydrogen-bond acceptors (Lipinski definition) is 2. The van der Waals surface area contributed by atoms with Crippen molar-refractivity contribution < 1.29 is 9.90 Å². The molecule has 0 saturated heterocycles. The van der Waals surface area contributed by atoms with E-state index in [1.54, 1.807) is 0 Å². The highest BCUT2D eigenvalue weighted by Crippen LogP contribution is 2.23. The van der Waals surface area contributed by atoms with Gasteiger partial charge in [0.25, 0.3) is 0 Å². The summed E-state index contributed by atoms with van der Waals surface area (Å²) in [5.74, 6) is -1.17. The molecule has 0 spiro atoms. The summed E-state index contributed by atoms with van der Waals surface area (Å²) in [6.45, 7) is 6.64. The van der Waals surface area contributed by atoms with Gasteiger partial charge >= 0.3 is 5.97 Å². The van der Waals surface area contributed by atoms with E-state index in [0.717, 1.165) is 12.3 Å². The zero-order chi connectivity index (χ0) is 9.14. The Bertz CT molecular complexity index is 370. The van der Waals surface area contributed by atoms with Gasteiger partial charge in [-0.25, -0.2) is 9.64 Å². The molecule has 0 aromatic carbocycles. The molecular formula is C7H3ClN2O2. The van der Waals surface area contributed by atoms with Gasteiger partial charge in [-0.2, -0.15) is 0 Å². The van der Waals surface area contributed by atoms with Crippen LogP contribution in [-0.4, -0.2) is 16.1 Å². The van der Waals surface area contributed by atoms with Crippen LogP contribution in [0.2, 0.25) is 5.02 Å². The third-order valence-corrected chi connectivity index (χ3v) is 1.47. The van der Waals surface area contributed by atoms with Gasteiger partial charge in [-0.05, 0) is 6.07 Å². The number of aromatic nitrogens is 1. The quantitative estimate of drug-likeness (QED) is 0.676. The Balaban J connectivity index is 3.25.